The van der Waals surface area contributed by atoms with Crippen LogP contribution in [-0.2, 0) is 0 Å². The van der Waals surface area contributed by atoms with Crippen molar-refractivity contribution in [3.63, 3.8) is 0 Å². The van der Waals surface area contributed by atoms with Crippen molar-refractivity contribution < 1.29 is 0 Å². The molecule has 0 aliphatic rings. The van der Waals surface area contributed by atoms with E-state index in [4.69, 9.17) is 12.8 Å². The van der Waals surface area contributed by atoms with Crippen molar-refractivity contribution in [1.82, 2.24) is 0 Å². The number of benzene rings is 2. The molecule has 2 nitrogen and oxygen atoms in total. The highest BCUT2D eigenvalue weighted by atomic mass is 15.2. The molecule has 2 aromatic rings. The molecule has 0 unspecified atom stereocenters. The van der Waals surface area contributed by atoms with Crippen molar-refractivity contribution in [3.05, 3.63) is 59.7 Å². The van der Waals surface area contributed by atoms with E-state index in [1.165, 1.54) is 0 Å². The van der Waals surface area contributed by atoms with Crippen LogP contribution in [0.25, 0.3) is 0 Å². The lowest BCUT2D eigenvalue weighted by Gasteiger charge is -2.25. The van der Waals surface area contributed by atoms with Crippen molar-refractivity contribution in [2.24, 2.45) is 0 Å². The fourth-order valence-corrected chi connectivity index (χ4v) is 2.18. The van der Waals surface area contributed by atoms with Crippen LogP contribution in [0.15, 0.2) is 48.5 Å². The van der Waals surface area contributed by atoms with Gasteiger partial charge in [-0.15, -0.1) is 12.8 Å². The summed E-state index contributed by atoms with van der Waals surface area (Å²) in [6.45, 7) is 1.84. The Morgan fingerprint density at radius 2 is 1.00 bits per heavy atom. The van der Waals surface area contributed by atoms with Crippen LogP contribution in [0.1, 0.15) is 11.1 Å². The van der Waals surface area contributed by atoms with Gasteiger partial charge in [0.05, 0.1) is 0 Å². The standard InChI is InChI=1S/C20H20N2/c1-5-17-7-11-19(12-8-17)21(3)15-16-22(4)20-13-9-18(6-2)10-14-20/h1-2,7-14H,15-16H2,3-4H3. The van der Waals surface area contributed by atoms with Gasteiger partial charge in [-0.2, -0.15) is 0 Å². The summed E-state index contributed by atoms with van der Waals surface area (Å²) >= 11 is 0. The normalized spacial score (nSPS) is 9.64. The van der Waals surface area contributed by atoms with Crippen LogP contribution in [-0.4, -0.2) is 27.2 Å². The molecule has 0 atom stereocenters. The first-order valence-electron chi connectivity index (χ1n) is 7.19. The second-order valence-electron chi connectivity index (χ2n) is 5.23. The Morgan fingerprint density at radius 3 is 1.27 bits per heavy atom. The number of terminal acetylenes is 2. The zero-order valence-corrected chi connectivity index (χ0v) is 13.1. The van der Waals surface area contributed by atoms with E-state index in [1.54, 1.807) is 0 Å². The van der Waals surface area contributed by atoms with Gasteiger partial charge < -0.3 is 9.80 Å². The maximum atomic E-state index is 5.38. The number of anilines is 2. The minimum absolute atomic E-state index is 0.905. The fourth-order valence-electron chi connectivity index (χ4n) is 2.18. The van der Waals surface area contributed by atoms with Gasteiger partial charge in [-0.3, -0.25) is 0 Å². The van der Waals surface area contributed by atoms with Gasteiger partial charge in [-0.05, 0) is 48.5 Å². The molecule has 0 amide bonds. The van der Waals surface area contributed by atoms with E-state index in [0.29, 0.717) is 0 Å². The number of rotatable bonds is 5. The highest BCUT2D eigenvalue weighted by Gasteiger charge is 2.04. The lowest BCUT2D eigenvalue weighted by Crippen LogP contribution is -2.30. The topological polar surface area (TPSA) is 6.48 Å². The molecule has 0 spiro atoms. The predicted octanol–water partition coefficient (Wildman–Crippen LogP) is 3.22. The third-order valence-corrected chi connectivity index (χ3v) is 3.72. The molecular weight excluding hydrogens is 268 g/mol. The summed E-state index contributed by atoms with van der Waals surface area (Å²) in [4.78, 5) is 4.43. The van der Waals surface area contributed by atoms with E-state index >= 15 is 0 Å². The number of nitrogens with zero attached hydrogens (tertiary/aromatic N) is 2. The summed E-state index contributed by atoms with van der Waals surface area (Å²) < 4.78 is 0. The van der Waals surface area contributed by atoms with E-state index in [1.807, 2.05) is 24.3 Å². The summed E-state index contributed by atoms with van der Waals surface area (Å²) in [5.74, 6) is 5.27. The van der Waals surface area contributed by atoms with Gasteiger partial charge in [-0.25, -0.2) is 0 Å². The predicted molar refractivity (Wildman–Crippen MR) is 95.3 cm³/mol. The van der Waals surface area contributed by atoms with E-state index < -0.39 is 0 Å². The fraction of sp³-hybridized carbons (Fsp3) is 0.200. The molecule has 110 valence electrons. The molecule has 0 aliphatic heterocycles. The van der Waals surface area contributed by atoms with Crippen LogP contribution < -0.4 is 9.80 Å². The van der Waals surface area contributed by atoms with Crippen molar-refractivity contribution in [3.8, 4) is 24.7 Å². The van der Waals surface area contributed by atoms with E-state index in [9.17, 15) is 0 Å². The van der Waals surface area contributed by atoms with Gasteiger partial charge in [0.2, 0.25) is 0 Å². The summed E-state index contributed by atoms with van der Waals surface area (Å²) in [6.07, 6.45) is 10.8. The molecule has 0 fully saturated rings. The van der Waals surface area contributed by atoms with Gasteiger partial charge in [0.25, 0.3) is 0 Å². The van der Waals surface area contributed by atoms with Gasteiger partial charge in [0.1, 0.15) is 0 Å². The van der Waals surface area contributed by atoms with Gasteiger partial charge in [0.15, 0.2) is 0 Å². The van der Waals surface area contributed by atoms with E-state index in [2.05, 4.69) is 60.0 Å². The Morgan fingerprint density at radius 1 is 0.682 bits per heavy atom. The zero-order valence-electron chi connectivity index (χ0n) is 13.1. The monoisotopic (exact) mass is 288 g/mol. The molecule has 0 saturated heterocycles. The molecule has 0 saturated carbocycles. The Labute approximate surface area is 133 Å². The first kappa shape index (κ1) is 15.5. The molecule has 0 heterocycles. The van der Waals surface area contributed by atoms with Gasteiger partial charge >= 0.3 is 0 Å². The number of hydrogen-bond acceptors (Lipinski definition) is 2. The molecule has 22 heavy (non-hydrogen) atoms. The Bertz CT molecular complexity index is 621. The molecular formula is C20H20N2. The molecule has 0 aliphatic carbocycles. The molecule has 0 aromatic heterocycles. The lowest BCUT2D eigenvalue weighted by molar-refractivity contribution is 0.833. The molecule has 0 N–H and O–H groups in total. The summed E-state index contributed by atoms with van der Waals surface area (Å²) in [7, 11) is 4.17. The maximum Gasteiger partial charge on any atom is 0.0365 e. The first-order chi connectivity index (χ1) is 10.6. The average Bonchev–Trinajstić information content (AvgIpc) is 2.59. The summed E-state index contributed by atoms with van der Waals surface area (Å²) in [6, 6.07) is 16.1. The highest BCUT2D eigenvalue weighted by molar-refractivity contribution is 5.52. The molecule has 2 heteroatoms. The second kappa shape index (κ2) is 7.25. The zero-order chi connectivity index (χ0) is 15.9. The van der Waals surface area contributed by atoms with Crippen LogP contribution >= 0.6 is 0 Å². The molecule has 0 bridgehead atoms. The van der Waals surface area contributed by atoms with Crippen LogP contribution in [0.4, 0.5) is 11.4 Å². The largest absolute Gasteiger partial charge is 0.373 e. The van der Waals surface area contributed by atoms with Gasteiger partial charge in [0, 0.05) is 49.7 Å². The Hall–Kier alpha value is -2.84. The van der Waals surface area contributed by atoms with Crippen molar-refractivity contribution in [2.45, 2.75) is 0 Å². The van der Waals surface area contributed by atoms with Crippen LogP contribution in [0.5, 0.6) is 0 Å². The smallest absolute Gasteiger partial charge is 0.0365 e. The van der Waals surface area contributed by atoms with E-state index in [0.717, 1.165) is 35.6 Å². The number of likely N-dealkylation sites (N-methyl/N-ethyl adjacent to an activating group) is 2. The van der Waals surface area contributed by atoms with E-state index in [-0.39, 0.29) is 0 Å². The maximum absolute atomic E-state index is 5.38. The third-order valence-electron chi connectivity index (χ3n) is 3.72. The number of hydrogen-bond donors (Lipinski definition) is 0. The van der Waals surface area contributed by atoms with Crippen LogP contribution in [0.2, 0.25) is 0 Å². The van der Waals surface area contributed by atoms with Crippen LogP contribution in [0.3, 0.4) is 0 Å². The first-order valence-corrected chi connectivity index (χ1v) is 7.19. The highest BCUT2D eigenvalue weighted by Crippen LogP contribution is 2.15. The molecule has 2 rings (SSSR count). The minimum Gasteiger partial charge on any atom is -0.373 e. The van der Waals surface area contributed by atoms with Crippen molar-refractivity contribution in [1.29, 1.82) is 0 Å². The quantitative estimate of drug-likeness (QED) is 0.780. The Balaban J connectivity index is 1.93. The van der Waals surface area contributed by atoms with Crippen LogP contribution in [0, 0.1) is 24.7 Å². The minimum atomic E-state index is 0.905. The SMILES string of the molecule is C#Cc1ccc(N(C)CCN(C)c2ccc(C#C)cc2)cc1. The van der Waals surface area contributed by atoms with Gasteiger partial charge in [-0.1, -0.05) is 11.8 Å². The Kier molecular flexibility index (Phi) is 5.12. The lowest BCUT2D eigenvalue weighted by atomic mass is 10.2. The second-order valence-corrected chi connectivity index (χ2v) is 5.23. The molecule has 2 aromatic carbocycles. The third kappa shape index (κ3) is 3.84. The van der Waals surface area contributed by atoms with Crippen molar-refractivity contribution in [2.75, 3.05) is 37.0 Å². The molecule has 0 radical (unpaired) electrons. The average molecular weight is 288 g/mol. The van der Waals surface area contributed by atoms with Crippen molar-refractivity contribution >= 4 is 11.4 Å². The summed E-state index contributed by atoms with van der Waals surface area (Å²) in [5.41, 5.74) is 4.14. The summed E-state index contributed by atoms with van der Waals surface area (Å²) in [5, 5.41) is 0.